The molecule has 0 aliphatic carbocycles. The lowest BCUT2D eigenvalue weighted by molar-refractivity contribution is -0.117. The summed E-state index contributed by atoms with van der Waals surface area (Å²) in [5.74, 6) is 0.378. The molecule has 0 saturated carbocycles. The van der Waals surface area contributed by atoms with Crippen molar-refractivity contribution in [1.82, 2.24) is 5.32 Å². The van der Waals surface area contributed by atoms with Gasteiger partial charge in [0.15, 0.2) is 0 Å². The lowest BCUT2D eigenvalue weighted by Gasteiger charge is -2.13. The van der Waals surface area contributed by atoms with Gasteiger partial charge >= 0.3 is 6.61 Å². The van der Waals surface area contributed by atoms with Crippen LogP contribution in [0.25, 0.3) is 6.08 Å². The van der Waals surface area contributed by atoms with Crippen molar-refractivity contribution in [1.29, 1.82) is 0 Å². The Morgan fingerprint density at radius 3 is 2.59 bits per heavy atom. The van der Waals surface area contributed by atoms with Crippen molar-refractivity contribution in [2.24, 2.45) is 0 Å². The van der Waals surface area contributed by atoms with Crippen molar-refractivity contribution in [2.75, 3.05) is 0 Å². The average Bonchev–Trinajstić information content (AvgIpc) is 2.98. The largest absolute Gasteiger partial charge is 0.465 e. The summed E-state index contributed by atoms with van der Waals surface area (Å²) in [6, 6.07) is 9.30. The SMILES string of the molecule is CC(NC(=O)/C=C/c1ccco1)c1ccc(OC(F)F)cc1. The first-order valence-corrected chi connectivity index (χ1v) is 6.61. The minimum absolute atomic E-state index is 0.0787. The molecule has 1 aromatic carbocycles. The Morgan fingerprint density at radius 2 is 2.00 bits per heavy atom. The number of carbonyl (C=O) groups is 1. The van der Waals surface area contributed by atoms with Crippen molar-refractivity contribution < 1.29 is 22.7 Å². The maximum Gasteiger partial charge on any atom is 0.387 e. The third-order valence-electron chi connectivity index (χ3n) is 2.91. The number of amides is 1. The standard InChI is InChI=1S/C16H15F2NO3/c1-11(12-4-6-14(7-5-12)22-16(17)18)19-15(20)9-8-13-3-2-10-21-13/h2-11,16H,1H3,(H,19,20)/b9-8+. The fourth-order valence-electron chi connectivity index (χ4n) is 1.83. The van der Waals surface area contributed by atoms with Crippen LogP contribution in [-0.4, -0.2) is 12.5 Å². The van der Waals surface area contributed by atoms with Crippen LogP contribution < -0.4 is 10.1 Å². The van der Waals surface area contributed by atoms with Crippen LogP contribution in [0.5, 0.6) is 5.75 Å². The second-order valence-corrected chi connectivity index (χ2v) is 4.53. The molecular formula is C16H15F2NO3. The number of alkyl halides is 2. The van der Waals surface area contributed by atoms with E-state index in [4.69, 9.17) is 4.42 Å². The van der Waals surface area contributed by atoms with Crippen LogP contribution in [0.4, 0.5) is 8.78 Å². The number of carbonyl (C=O) groups excluding carboxylic acids is 1. The highest BCUT2D eigenvalue weighted by molar-refractivity contribution is 5.91. The molecule has 22 heavy (non-hydrogen) atoms. The molecule has 1 N–H and O–H groups in total. The smallest absolute Gasteiger partial charge is 0.387 e. The lowest BCUT2D eigenvalue weighted by atomic mass is 10.1. The summed E-state index contributed by atoms with van der Waals surface area (Å²) in [5.41, 5.74) is 0.779. The maximum atomic E-state index is 12.1. The van der Waals surface area contributed by atoms with Crippen molar-refractivity contribution in [2.45, 2.75) is 19.6 Å². The second-order valence-electron chi connectivity index (χ2n) is 4.53. The summed E-state index contributed by atoms with van der Waals surface area (Å²) in [6.07, 6.45) is 4.44. The van der Waals surface area contributed by atoms with E-state index in [9.17, 15) is 13.6 Å². The van der Waals surface area contributed by atoms with Gasteiger partial charge < -0.3 is 14.5 Å². The summed E-state index contributed by atoms with van der Waals surface area (Å²) in [4.78, 5) is 11.8. The van der Waals surface area contributed by atoms with Crippen LogP contribution >= 0.6 is 0 Å². The normalized spacial score (nSPS) is 12.5. The van der Waals surface area contributed by atoms with E-state index in [0.717, 1.165) is 5.56 Å². The van der Waals surface area contributed by atoms with Crippen molar-refractivity contribution in [3.8, 4) is 5.75 Å². The fraction of sp³-hybridized carbons (Fsp3) is 0.188. The fourth-order valence-corrected chi connectivity index (χ4v) is 1.83. The lowest BCUT2D eigenvalue weighted by Crippen LogP contribution is -2.24. The molecule has 0 spiro atoms. The van der Waals surface area contributed by atoms with Crippen LogP contribution in [0.3, 0.4) is 0 Å². The van der Waals surface area contributed by atoms with Crippen LogP contribution in [0.2, 0.25) is 0 Å². The van der Waals surface area contributed by atoms with Crippen molar-refractivity contribution >= 4 is 12.0 Å². The topological polar surface area (TPSA) is 51.5 Å². The van der Waals surface area contributed by atoms with E-state index in [1.807, 2.05) is 0 Å². The zero-order valence-corrected chi connectivity index (χ0v) is 11.8. The van der Waals surface area contributed by atoms with Gasteiger partial charge in [-0.1, -0.05) is 12.1 Å². The van der Waals surface area contributed by atoms with Crippen LogP contribution in [0.1, 0.15) is 24.3 Å². The first-order chi connectivity index (χ1) is 10.5. The molecule has 1 heterocycles. The summed E-state index contributed by atoms with van der Waals surface area (Å²) in [5, 5.41) is 2.76. The number of halogens is 2. The molecule has 1 atom stereocenters. The predicted molar refractivity (Wildman–Crippen MR) is 77.4 cm³/mol. The number of nitrogens with one attached hydrogen (secondary N) is 1. The number of furan rings is 1. The molecule has 0 bridgehead atoms. The number of rotatable bonds is 6. The van der Waals surface area contributed by atoms with E-state index in [1.54, 1.807) is 37.3 Å². The Bertz CT molecular complexity index is 621. The van der Waals surface area contributed by atoms with Gasteiger partial charge in [-0.2, -0.15) is 8.78 Å². The summed E-state index contributed by atoms with van der Waals surface area (Å²) >= 11 is 0. The first-order valence-electron chi connectivity index (χ1n) is 6.61. The van der Waals surface area contributed by atoms with Crippen LogP contribution in [0, 0.1) is 0 Å². The van der Waals surface area contributed by atoms with Gasteiger partial charge in [0.05, 0.1) is 12.3 Å². The minimum atomic E-state index is -2.85. The van der Waals surface area contributed by atoms with E-state index in [1.165, 1.54) is 24.5 Å². The average molecular weight is 307 g/mol. The van der Waals surface area contributed by atoms with Gasteiger partial charge in [-0.3, -0.25) is 4.79 Å². The number of benzene rings is 1. The molecule has 0 aliphatic rings. The Kier molecular flexibility index (Phi) is 5.30. The molecule has 116 valence electrons. The molecule has 2 aromatic rings. The van der Waals surface area contributed by atoms with Gasteiger partial charge in [-0.15, -0.1) is 0 Å². The van der Waals surface area contributed by atoms with E-state index in [2.05, 4.69) is 10.1 Å². The van der Waals surface area contributed by atoms with E-state index < -0.39 is 6.61 Å². The number of hydrogen-bond donors (Lipinski definition) is 1. The summed E-state index contributed by atoms with van der Waals surface area (Å²) in [7, 11) is 0. The molecule has 0 saturated heterocycles. The third kappa shape index (κ3) is 4.73. The van der Waals surface area contributed by atoms with Gasteiger partial charge in [-0.25, -0.2) is 0 Å². The Balaban J connectivity index is 1.91. The first kappa shape index (κ1) is 15.8. The maximum absolute atomic E-state index is 12.1. The predicted octanol–water partition coefficient (Wildman–Crippen LogP) is 3.77. The minimum Gasteiger partial charge on any atom is -0.465 e. The van der Waals surface area contributed by atoms with Gasteiger partial charge in [-0.05, 0) is 42.8 Å². The van der Waals surface area contributed by atoms with Crippen LogP contribution in [0.15, 0.2) is 53.2 Å². The molecule has 0 radical (unpaired) electrons. The Hall–Kier alpha value is -2.63. The van der Waals surface area contributed by atoms with E-state index in [0.29, 0.717) is 5.76 Å². The third-order valence-corrected chi connectivity index (χ3v) is 2.91. The molecule has 1 unspecified atom stereocenters. The molecule has 2 rings (SSSR count). The second kappa shape index (κ2) is 7.40. The van der Waals surface area contributed by atoms with Gasteiger partial charge in [0.2, 0.25) is 5.91 Å². The molecule has 4 nitrogen and oxygen atoms in total. The number of hydrogen-bond acceptors (Lipinski definition) is 3. The van der Waals surface area contributed by atoms with Crippen molar-refractivity contribution in [3.05, 3.63) is 60.1 Å². The van der Waals surface area contributed by atoms with E-state index >= 15 is 0 Å². The highest BCUT2D eigenvalue weighted by Gasteiger charge is 2.09. The molecule has 0 aliphatic heterocycles. The highest BCUT2D eigenvalue weighted by atomic mass is 19.3. The molecule has 1 amide bonds. The quantitative estimate of drug-likeness (QED) is 0.826. The summed E-state index contributed by atoms with van der Waals surface area (Å²) in [6.45, 7) is -1.06. The Labute approximate surface area is 126 Å². The molecular weight excluding hydrogens is 292 g/mol. The molecule has 6 heteroatoms. The van der Waals surface area contributed by atoms with Gasteiger partial charge in [0.25, 0.3) is 0 Å². The van der Waals surface area contributed by atoms with E-state index in [-0.39, 0.29) is 17.7 Å². The Morgan fingerprint density at radius 1 is 1.27 bits per heavy atom. The van der Waals surface area contributed by atoms with Crippen molar-refractivity contribution in [3.63, 3.8) is 0 Å². The molecule has 1 aromatic heterocycles. The van der Waals surface area contributed by atoms with Gasteiger partial charge in [0.1, 0.15) is 11.5 Å². The highest BCUT2D eigenvalue weighted by Crippen LogP contribution is 2.19. The van der Waals surface area contributed by atoms with Crippen LogP contribution in [-0.2, 0) is 4.79 Å². The summed E-state index contributed by atoms with van der Waals surface area (Å²) < 4.78 is 33.5. The molecule has 0 fully saturated rings. The zero-order chi connectivity index (χ0) is 15.9. The number of ether oxygens (including phenoxy) is 1. The van der Waals surface area contributed by atoms with Gasteiger partial charge in [0, 0.05) is 6.08 Å². The monoisotopic (exact) mass is 307 g/mol. The zero-order valence-electron chi connectivity index (χ0n) is 11.8.